The predicted octanol–water partition coefficient (Wildman–Crippen LogP) is 5.26. The van der Waals surface area contributed by atoms with Crippen molar-refractivity contribution in [2.45, 2.75) is 13.3 Å². The van der Waals surface area contributed by atoms with Crippen LogP contribution in [-0.2, 0) is 4.79 Å². The summed E-state index contributed by atoms with van der Waals surface area (Å²) in [6.45, 7) is 2.77. The van der Waals surface area contributed by atoms with Gasteiger partial charge in [0.15, 0.2) is 5.13 Å². The van der Waals surface area contributed by atoms with Crippen LogP contribution >= 0.6 is 11.3 Å². The smallest absolute Gasteiger partial charge is 0.250 e. The summed E-state index contributed by atoms with van der Waals surface area (Å²) in [6, 6.07) is 15.3. The first kappa shape index (κ1) is 19.6. The molecule has 2 aromatic carbocycles. The van der Waals surface area contributed by atoms with Gasteiger partial charge in [-0.1, -0.05) is 19.1 Å². The predicted molar refractivity (Wildman–Crippen MR) is 114 cm³/mol. The molecule has 144 valence electrons. The van der Waals surface area contributed by atoms with Crippen LogP contribution in [0.1, 0.15) is 18.9 Å². The molecular weight excluding hydrogens is 372 g/mol. The molecule has 1 N–H and O–H groups in total. The van der Waals surface area contributed by atoms with Crippen LogP contribution in [-0.4, -0.2) is 24.6 Å². The lowest BCUT2D eigenvalue weighted by atomic mass is 10.2. The van der Waals surface area contributed by atoms with E-state index in [-0.39, 0.29) is 5.91 Å². The van der Waals surface area contributed by atoms with Crippen molar-refractivity contribution in [1.29, 1.82) is 0 Å². The largest absolute Gasteiger partial charge is 0.497 e. The van der Waals surface area contributed by atoms with Crippen LogP contribution in [0, 0.1) is 0 Å². The number of benzene rings is 2. The lowest BCUT2D eigenvalue weighted by molar-refractivity contribution is -0.111. The number of ether oxygens (including phenoxy) is 2. The van der Waals surface area contributed by atoms with Gasteiger partial charge in [0.05, 0.1) is 19.4 Å². The van der Waals surface area contributed by atoms with Crippen molar-refractivity contribution < 1.29 is 14.3 Å². The minimum absolute atomic E-state index is 0.220. The molecule has 0 unspecified atom stereocenters. The molecule has 28 heavy (non-hydrogen) atoms. The minimum Gasteiger partial charge on any atom is -0.497 e. The van der Waals surface area contributed by atoms with Crippen LogP contribution in [0.4, 0.5) is 5.13 Å². The zero-order chi connectivity index (χ0) is 19.8. The number of nitrogens with zero attached hydrogens (tertiary/aromatic N) is 1. The number of nitrogens with one attached hydrogen (secondary N) is 1. The number of rotatable bonds is 8. The molecule has 1 heterocycles. The van der Waals surface area contributed by atoms with Gasteiger partial charge in [-0.25, -0.2) is 4.98 Å². The number of amides is 1. The molecule has 3 aromatic rings. The van der Waals surface area contributed by atoms with Crippen molar-refractivity contribution >= 4 is 28.5 Å². The number of carbonyl (C=O) groups is 1. The maximum absolute atomic E-state index is 12.2. The Kier molecular flexibility index (Phi) is 6.81. The van der Waals surface area contributed by atoms with E-state index in [1.54, 1.807) is 13.2 Å². The second-order valence-corrected chi connectivity index (χ2v) is 6.86. The molecule has 0 bridgehead atoms. The molecule has 0 saturated heterocycles. The highest BCUT2D eigenvalue weighted by molar-refractivity contribution is 7.14. The fourth-order valence-electron chi connectivity index (χ4n) is 2.44. The number of carbonyl (C=O) groups excluding carboxylic acids is 1. The third kappa shape index (κ3) is 5.44. The van der Waals surface area contributed by atoms with Crippen molar-refractivity contribution in [1.82, 2.24) is 4.98 Å². The third-order valence-electron chi connectivity index (χ3n) is 3.90. The molecule has 0 aliphatic heterocycles. The summed E-state index contributed by atoms with van der Waals surface area (Å²) in [5.41, 5.74) is 2.71. The average Bonchev–Trinajstić information content (AvgIpc) is 3.20. The van der Waals surface area contributed by atoms with Crippen LogP contribution < -0.4 is 14.8 Å². The summed E-state index contributed by atoms with van der Waals surface area (Å²) in [4.78, 5) is 16.6. The van der Waals surface area contributed by atoms with Crippen molar-refractivity contribution in [3.05, 3.63) is 65.6 Å². The fourth-order valence-corrected chi connectivity index (χ4v) is 3.16. The maximum atomic E-state index is 12.2. The lowest BCUT2D eigenvalue weighted by Gasteiger charge is -2.04. The van der Waals surface area contributed by atoms with Gasteiger partial charge in [-0.05, 0) is 54.5 Å². The molecule has 1 aromatic heterocycles. The molecule has 1 amide bonds. The van der Waals surface area contributed by atoms with Gasteiger partial charge in [-0.3, -0.25) is 10.1 Å². The molecule has 0 aliphatic rings. The summed E-state index contributed by atoms with van der Waals surface area (Å²) in [5, 5.41) is 5.27. The van der Waals surface area contributed by atoms with E-state index in [2.05, 4.69) is 17.2 Å². The Morgan fingerprint density at radius 2 is 1.82 bits per heavy atom. The zero-order valence-corrected chi connectivity index (χ0v) is 16.7. The second kappa shape index (κ2) is 9.71. The summed E-state index contributed by atoms with van der Waals surface area (Å²) in [7, 11) is 1.63. The monoisotopic (exact) mass is 394 g/mol. The van der Waals surface area contributed by atoms with Crippen molar-refractivity contribution in [3.63, 3.8) is 0 Å². The first-order chi connectivity index (χ1) is 13.7. The van der Waals surface area contributed by atoms with Gasteiger partial charge in [-0.15, -0.1) is 11.3 Å². The number of anilines is 1. The van der Waals surface area contributed by atoms with Crippen LogP contribution in [0.25, 0.3) is 17.3 Å². The van der Waals surface area contributed by atoms with Crippen molar-refractivity contribution in [2.75, 3.05) is 19.0 Å². The second-order valence-electron chi connectivity index (χ2n) is 6.01. The Labute approximate surface area is 168 Å². The minimum atomic E-state index is -0.220. The van der Waals surface area contributed by atoms with Crippen molar-refractivity contribution in [2.24, 2.45) is 0 Å². The van der Waals surface area contributed by atoms with E-state index in [0.29, 0.717) is 11.7 Å². The molecule has 0 atom stereocenters. The Morgan fingerprint density at radius 1 is 1.11 bits per heavy atom. The summed E-state index contributed by atoms with van der Waals surface area (Å²) < 4.78 is 10.7. The number of methoxy groups -OCH3 is 1. The van der Waals surface area contributed by atoms with Crippen LogP contribution in [0.15, 0.2) is 60.0 Å². The summed E-state index contributed by atoms with van der Waals surface area (Å²) in [6.07, 6.45) is 4.23. The van der Waals surface area contributed by atoms with Gasteiger partial charge >= 0.3 is 0 Å². The van der Waals surface area contributed by atoms with E-state index in [9.17, 15) is 4.79 Å². The standard InChI is InChI=1S/C22H22N2O3S/c1-3-14-27-19-9-4-16(5-10-19)6-13-21(25)24-22-23-20(15-28-22)17-7-11-18(26-2)12-8-17/h4-13,15H,3,14H2,1-2H3,(H,23,24,25). The van der Waals surface area contributed by atoms with Crippen LogP contribution in [0.2, 0.25) is 0 Å². The van der Waals surface area contributed by atoms with Gasteiger partial charge in [0, 0.05) is 17.0 Å². The van der Waals surface area contributed by atoms with Gasteiger partial charge in [0.25, 0.3) is 0 Å². The van der Waals surface area contributed by atoms with Gasteiger partial charge in [0.2, 0.25) is 5.91 Å². The van der Waals surface area contributed by atoms with Crippen LogP contribution in [0.3, 0.4) is 0 Å². The Balaban J connectivity index is 1.57. The topological polar surface area (TPSA) is 60.5 Å². The highest BCUT2D eigenvalue weighted by atomic mass is 32.1. The number of hydrogen-bond donors (Lipinski definition) is 1. The van der Waals surface area contributed by atoms with Gasteiger partial charge < -0.3 is 9.47 Å². The molecule has 0 radical (unpaired) electrons. The molecule has 0 aliphatic carbocycles. The van der Waals surface area contributed by atoms with E-state index in [4.69, 9.17) is 9.47 Å². The van der Waals surface area contributed by atoms with E-state index in [0.717, 1.165) is 34.7 Å². The normalized spacial score (nSPS) is 10.8. The van der Waals surface area contributed by atoms with Gasteiger partial charge in [0.1, 0.15) is 11.5 Å². The summed E-state index contributed by atoms with van der Waals surface area (Å²) >= 11 is 1.39. The molecule has 3 rings (SSSR count). The first-order valence-electron chi connectivity index (χ1n) is 9.00. The lowest BCUT2D eigenvalue weighted by Crippen LogP contribution is -2.07. The highest BCUT2D eigenvalue weighted by Gasteiger charge is 2.06. The summed E-state index contributed by atoms with van der Waals surface area (Å²) in [5.74, 6) is 1.40. The molecule has 0 saturated carbocycles. The number of aromatic nitrogens is 1. The maximum Gasteiger partial charge on any atom is 0.250 e. The third-order valence-corrected chi connectivity index (χ3v) is 4.66. The fraction of sp³-hybridized carbons (Fsp3) is 0.182. The van der Waals surface area contributed by atoms with E-state index in [1.165, 1.54) is 17.4 Å². The van der Waals surface area contributed by atoms with E-state index >= 15 is 0 Å². The Bertz CT molecular complexity index is 931. The first-order valence-corrected chi connectivity index (χ1v) is 9.88. The van der Waals surface area contributed by atoms with E-state index in [1.807, 2.05) is 53.9 Å². The molecular formula is C22H22N2O3S. The zero-order valence-electron chi connectivity index (χ0n) is 15.8. The van der Waals surface area contributed by atoms with Gasteiger partial charge in [-0.2, -0.15) is 0 Å². The Hall–Kier alpha value is -3.12. The number of thiazole rings is 1. The van der Waals surface area contributed by atoms with Crippen LogP contribution in [0.5, 0.6) is 11.5 Å². The van der Waals surface area contributed by atoms with Crippen molar-refractivity contribution in [3.8, 4) is 22.8 Å². The highest BCUT2D eigenvalue weighted by Crippen LogP contribution is 2.26. The molecule has 0 fully saturated rings. The molecule has 5 nitrogen and oxygen atoms in total. The number of hydrogen-bond acceptors (Lipinski definition) is 5. The Morgan fingerprint density at radius 3 is 2.50 bits per heavy atom. The molecule has 0 spiro atoms. The molecule has 6 heteroatoms. The SMILES string of the molecule is CCCOc1ccc(C=CC(=O)Nc2nc(-c3ccc(OC)cc3)cs2)cc1. The quantitative estimate of drug-likeness (QED) is 0.530. The van der Waals surface area contributed by atoms with E-state index < -0.39 is 0 Å². The average molecular weight is 394 g/mol.